The first-order chi connectivity index (χ1) is 15.2. The molecule has 0 fully saturated rings. The third-order valence-electron chi connectivity index (χ3n) is 5.74. The molecule has 5 aromatic rings. The fourth-order valence-electron chi connectivity index (χ4n) is 4.05. The van der Waals surface area contributed by atoms with Gasteiger partial charge < -0.3 is 9.47 Å². The Balaban J connectivity index is 1.59. The summed E-state index contributed by atoms with van der Waals surface area (Å²) in [6.45, 7) is 4.24. The summed E-state index contributed by atoms with van der Waals surface area (Å²) in [6.07, 6.45) is -0.571. The third-order valence-corrected chi connectivity index (χ3v) is 5.74. The third kappa shape index (κ3) is 3.73. The van der Waals surface area contributed by atoms with E-state index in [1.165, 1.54) is 21.9 Å². The van der Waals surface area contributed by atoms with Crippen molar-refractivity contribution in [3.05, 3.63) is 120 Å². The van der Waals surface area contributed by atoms with Crippen LogP contribution in [0.15, 0.2) is 103 Å². The number of rotatable bonds is 5. The van der Waals surface area contributed by atoms with E-state index in [4.69, 9.17) is 9.47 Å². The second kappa shape index (κ2) is 8.16. The van der Waals surface area contributed by atoms with E-state index in [1.54, 1.807) is 0 Å². The fourth-order valence-corrected chi connectivity index (χ4v) is 4.05. The Labute approximate surface area is 182 Å². The predicted molar refractivity (Wildman–Crippen MR) is 128 cm³/mol. The van der Waals surface area contributed by atoms with Gasteiger partial charge in [0.05, 0.1) is 0 Å². The molecule has 0 spiro atoms. The van der Waals surface area contributed by atoms with Crippen LogP contribution >= 0.6 is 0 Å². The molecule has 0 saturated carbocycles. The maximum atomic E-state index is 6.53. The minimum Gasteiger partial charge on any atom is -0.450 e. The van der Waals surface area contributed by atoms with Gasteiger partial charge in [-0.05, 0) is 47.9 Å². The molecular formula is C29H24O2. The second-order valence-corrected chi connectivity index (χ2v) is 7.83. The number of hydrogen-bond acceptors (Lipinski definition) is 2. The molecule has 0 N–H and O–H groups in total. The summed E-state index contributed by atoms with van der Waals surface area (Å²) in [7, 11) is 0. The van der Waals surface area contributed by atoms with E-state index in [0.717, 1.165) is 27.8 Å². The van der Waals surface area contributed by atoms with E-state index in [-0.39, 0.29) is 0 Å². The van der Waals surface area contributed by atoms with E-state index >= 15 is 0 Å². The van der Waals surface area contributed by atoms with Crippen LogP contribution in [-0.4, -0.2) is 0 Å². The minimum absolute atomic E-state index is 0.571. The highest BCUT2D eigenvalue weighted by molar-refractivity contribution is 5.91. The first-order valence-corrected chi connectivity index (χ1v) is 10.6. The lowest BCUT2D eigenvalue weighted by molar-refractivity contribution is 0.00625. The van der Waals surface area contributed by atoms with E-state index in [2.05, 4.69) is 62.4 Å². The zero-order chi connectivity index (χ0) is 21.2. The fraction of sp³-hybridized carbons (Fsp3) is 0.103. The van der Waals surface area contributed by atoms with Crippen molar-refractivity contribution in [3.8, 4) is 11.5 Å². The molecule has 0 saturated heterocycles. The molecule has 152 valence electrons. The number of hydrogen-bond donors (Lipinski definition) is 0. The van der Waals surface area contributed by atoms with E-state index in [0.29, 0.717) is 0 Å². The van der Waals surface area contributed by atoms with Gasteiger partial charge in [0.1, 0.15) is 11.5 Å². The number of ether oxygens (including phenoxy) is 2. The molecular weight excluding hydrogens is 380 g/mol. The normalized spacial score (nSPS) is 11.2. The monoisotopic (exact) mass is 404 g/mol. The Morgan fingerprint density at radius 2 is 0.871 bits per heavy atom. The van der Waals surface area contributed by atoms with Crippen LogP contribution in [0.25, 0.3) is 21.5 Å². The lowest BCUT2D eigenvalue weighted by Crippen LogP contribution is -2.15. The second-order valence-electron chi connectivity index (χ2n) is 7.83. The van der Waals surface area contributed by atoms with Crippen molar-refractivity contribution in [2.45, 2.75) is 20.1 Å². The van der Waals surface area contributed by atoms with Crippen molar-refractivity contribution in [2.24, 2.45) is 0 Å². The Morgan fingerprint density at radius 3 is 1.35 bits per heavy atom. The molecule has 31 heavy (non-hydrogen) atoms. The van der Waals surface area contributed by atoms with Gasteiger partial charge in [0, 0.05) is 16.3 Å². The minimum atomic E-state index is -0.571. The summed E-state index contributed by atoms with van der Waals surface area (Å²) in [5.41, 5.74) is 3.42. The quantitative estimate of drug-likeness (QED) is 0.279. The van der Waals surface area contributed by atoms with Crippen LogP contribution in [0.1, 0.15) is 23.0 Å². The SMILES string of the molecule is Cc1ccc(OC(Oc2ccc(C)c3ccccc23)c2ccccc2)c2ccccc12. The van der Waals surface area contributed by atoms with Crippen molar-refractivity contribution in [2.75, 3.05) is 0 Å². The molecule has 0 aromatic heterocycles. The highest BCUT2D eigenvalue weighted by Crippen LogP contribution is 2.35. The molecule has 2 nitrogen and oxygen atoms in total. The first kappa shape index (κ1) is 19.2. The van der Waals surface area contributed by atoms with Gasteiger partial charge in [0.15, 0.2) is 0 Å². The largest absolute Gasteiger partial charge is 0.450 e. The standard InChI is InChI=1S/C29H24O2/c1-20-16-18-27(25-14-8-6-12-23(20)25)30-29(22-10-4-3-5-11-22)31-28-19-17-21(2)24-13-7-9-15-26(24)28/h3-19,29H,1-2H3. The lowest BCUT2D eigenvalue weighted by Gasteiger charge is -2.23. The molecule has 0 aliphatic rings. The maximum absolute atomic E-state index is 6.53. The summed E-state index contributed by atoms with van der Waals surface area (Å²) in [5, 5.41) is 4.54. The molecule has 0 amide bonds. The average molecular weight is 405 g/mol. The van der Waals surface area contributed by atoms with Crippen LogP contribution < -0.4 is 9.47 Å². The van der Waals surface area contributed by atoms with Gasteiger partial charge >= 0.3 is 0 Å². The summed E-state index contributed by atoms with van der Waals surface area (Å²) < 4.78 is 13.1. The van der Waals surface area contributed by atoms with E-state index in [1.807, 2.05) is 54.6 Å². The Morgan fingerprint density at radius 1 is 0.452 bits per heavy atom. The van der Waals surface area contributed by atoms with Gasteiger partial charge in [0.2, 0.25) is 0 Å². The highest BCUT2D eigenvalue weighted by atomic mass is 16.7. The van der Waals surface area contributed by atoms with Gasteiger partial charge in [-0.1, -0.05) is 91.0 Å². The average Bonchev–Trinajstić information content (AvgIpc) is 2.83. The van der Waals surface area contributed by atoms with Crippen molar-refractivity contribution >= 4 is 21.5 Å². The molecule has 2 heteroatoms. The summed E-state index contributed by atoms with van der Waals surface area (Å²) >= 11 is 0. The molecule has 0 heterocycles. The molecule has 0 bridgehead atoms. The number of benzene rings is 5. The maximum Gasteiger partial charge on any atom is 0.267 e. The van der Waals surface area contributed by atoms with Crippen LogP contribution in [0.5, 0.6) is 11.5 Å². The molecule has 0 atom stereocenters. The van der Waals surface area contributed by atoms with Crippen molar-refractivity contribution in [1.29, 1.82) is 0 Å². The summed E-state index contributed by atoms with van der Waals surface area (Å²) in [4.78, 5) is 0. The van der Waals surface area contributed by atoms with Crippen molar-refractivity contribution < 1.29 is 9.47 Å². The van der Waals surface area contributed by atoms with Gasteiger partial charge in [-0.15, -0.1) is 0 Å². The number of fused-ring (bicyclic) bond motifs is 2. The van der Waals surface area contributed by atoms with Gasteiger partial charge in [-0.3, -0.25) is 0 Å². The van der Waals surface area contributed by atoms with Crippen LogP contribution in [-0.2, 0) is 0 Å². The van der Waals surface area contributed by atoms with E-state index < -0.39 is 6.29 Å². The summed E-state index contributed by atoms with van der Waals surface area (Å²) in [6, 6.07) is 35.0. The molecule has 5 aromatic carbocycles. The molecule has 0 aliphatic heterocycles. The molecule has 0 aliphatic carbocycles. The van der Waals surface area contributed by atoms with Gasteiger partial charge in [0.25, 0.3) is 6.29 Å². The topological polar surface area (TPSA) is 18.5 Å². The van der Waals surface area contributed by atoms with Crippen LogP contribution in [0.4, 0.5) is 0 Å². The predicted octanol–water partition coefficient (Wildman–Crippen LogP) is 7.77. The Kier molecular flexibility index (Phi) is 5.05. The molecule has 0 unspecified atom stereocenters. The zero-order valence-electron chi connectivity index (χ0n) is 17.7. The van der Waals surface area contributed by atoms with Crippen LogP contribution in [0, 0.1) is 13.8 Å². The molecule has 0 radical (unpaired) electrons. The zero-order valence-corrected chi connectivity index (χ0v) is 17.7. The van der Waals surface area contributed by atoms with Crippen LogP contribution in [0.3, 0.4) is 0 Å². The van der Waals surface area contributed by atoms with Crippen molar-refractivity contribution in [3.63, 3.8) is 0 Å². The highest BCUT2D eigenvalue weighted by Gasteiger charge is 2.18. The van der Waals surface area contributed by atoms with Crippen LogP contribution in [0.2, 0.25) is 0 Å². The Bertz CT molecular complexity index is 1270. The van der Waals surface area contributed by atoms with Crippen molar-refractivity contribution in [1.82, 2.24) is 0 Å². The number of aryl methyl sites for hydroxylation is 2. The van der Waals surface area contributed by atoms with Gasteiger partial charge in [-0.2, -0.15) is 0 Å². The summed E-state index contributed by atoms with van der Waals surface area (Å²) in [5.74, 6) is 1.62. The molecule has 5 rings (SSSR count). The smallest absolute Gasteiger partial charge is 0.267 e. The first-order valence-electron chi connectivity index (χ1n) is 10.6. The van der Waals surface area contributed by atoms with E-state index in [9.17, 15) is 0 Å². The lowest BCUT2D eigenvalue weighted by atomic mass is 10.0. The van der Waals surface area contributed by atoms with Gasteiger partial charge in [-0.25, -0.2) is 0 Å². The Hall–Kier alpha value is -3.78.